The molecule has 4 aromatic rings. The monoisotopic (exact) mass is 482 g/mol. The molecular formula is C24H23ClN4O5. The second-order valence-electron chi connectivity index (χ2n) is 8.17. The summed E-state index contributed by atoms with van der Waals surface area (Å²) in [5.74, 6) is -0.178. The number of aromatic nitrogens is 3. The Morgan fingerprint density at radius 3 is 2.94 bits per heavy atom. The number of aromatic amines is 1. The zero-order valence-electron chi connectivity index (χ0n) is 18.5. The average molecular weight is 483 g/mol. The number of ether oxygens (including phenoxy) is 2. The van der Waals surface area contributed by atoms with E-state index in [0.29, 0.717) is 34.3 Å². The van der Waals surface area contributed by atoms with E-state index in [4.69, 9.17) is 21.1 Å². The summed E-state index contributed by atoms with van der Waals surface area (Å²) in [6, 6.07) is 12.4. The molecule has 1 amide bonds. The number of aryl methyl sites for hydroxylation is 1. The molecule has 0 aliphatic carbocycles. The van der Waals surface area contributed by atoms with Crippen LogP contribution in [0.2, 0.25) is 5.02 Å². The van der Waals surface area contributed by atoms with Crippen molar-refractivity contribution in [3.05, 3.63) is 63.7 Å². The van der Waals surface area contributed by atoms with Gasteiger partial charge in [-0.3, -0.25) is 14.3 Å². The number of amides is 1. The summed E-state index contributed by atoms with van der Waals surface area (Å²) in [6.07, 6.45) is 3.29. The van der Waals surface area contributed by atoms with Crippen LogP contribution < -0.4 is 15.8 Å². The molecule has 3 heterocycles. The smallest absolute Gasteiger partial charge is 0.439 e. The molecule has 2 aromatic heterocycles. The van der Waals surface area contributed by atoms with Crippen LogP contribution in [-0.4, -0.2) is 39.9 Å². The molecule has 34 heavy (non-hydrogen) atoms. The minimum absolute atomic E-state index is 0.0818. The van der Waals surface area contributed by atoms with Gasteiger partial charge in [-0.2, -0.15) is 0 Å². The Balaban J connectivity index is 1.42. The molecule has 1 fully saturated rings. The minimum Gasteiger partial charge on any atom is -0.489 e. The van der Waals surface area contributed by atoms with E-state index in [1.54, 1.807) is 22.8 Å². The predicted octanol–water partition coefficient (Wildman–Crippen LogP) is 4.38. The van der Waals surface area contributed by atoms with Gasteiger partial charge in [-0.05, 0) is 49.6 Å². The highest BCUT2D eigenvalue weighted by Crippen LogP contribution is 2.31. The quantitative estimate of drug-likeness (QED) is 0.422. The Kier molecular flexibility index (Phi) is 6.12. The molecule has 2 aromatic carbocycles. The van der Waals surface area contributed by atoms with Crippen LogP contribution in [0.1, 0.15) is 29.8 Å². The van der Waals surface area contributed by atoms with Crippen LogP contribution in [-0.2, 0) is 11.8 Å². The first-order chi connectivity index (χ1) is 16.5. The van der Waals surface area contributed by atoms with Crippen LogP contribution >= 0.6 is 11.6 Å². The molecule has 0 bridgehead atoms. The van der Waals surface area contributed by atoms with Crippen LogP contribution in [0.5, 0.6) is 5.75 Å². The third-order valence-corrected chi connectivity index (χ3v) is 6.11. The van der Waals surface area contributed by atoms with Crippen molar-refractivity contribution in [3.63, 3.8) is 0 Å². The number of hydrogen-bond acceptors (Lipinski definition) is 6. The summed E-state index contributed by atoms with van der Waals surface area (Å²) >= 11 is 6.12. The summed E-state index contributed by atoms with van der Waals surface area (Å²) in [5.41, 5.74) is 2.12. The molecule has 0 radical (unpaired) electrons. The number of carbonyl (C=O) groups excluding carboxylic acids is 1. The summed E-state index contributed by atoms with van der Waals surface area (Å²) < 4.78 is 18.3. The molecule has 176 valence electrons. The molecule has 1 aliphatic rings. The number of nitrogens with one attached hydrogen (secondary N) is 2. The second-order valence-corrected chi connectivity index (χ2v) is 8.61. The second kappa shape index (κ2) is 9.36. The lowest BCUT2D eigenvalue weighted by atomic mass is 10.1. The van der Waals surface area contributed by atoms with E-state index in [2.05, 4.69) is 20.0 Å². The number of fused-ring (bicyclic) bond motifs is 1. The molecular weight excluding hydrogens is 460 g/mol. The van der Waals surface area contributed by atoms with Crippen molar-refractivity contribution in [2.24, 2.45) is 7.05 Å². The first kappa shape index (κ1) is 22.2. The molecule has 1 atom stereocenters. The number of para-hydroxylation sites is 1. The topological polar surface area (TPSA) is 111 Å². The molecule has 1 unspecified atom stereocenters. The maximum Gasteiger partial charge on any atom is 0.439 e. The largest absolute Gasteiger partial charge is 0.489 e. The Morgan fingerprint density at radius 2 is 2.18 bits per heavy atom. The van der Waals surface area contributed by atoms with Crippen LogP contribution in [0, 0.1) is 0 Å². The third kappa shape index (κ3) is 4.44. The van der Waals surface area contributed by atoms with Gasteiger partial charge in [0, 0.05) is 29.6 Å². The van der Waals surface area contributed by atoms with Crippen LogP contribution in [0.4, 0.5) is 5.69 Å². The predicted molar refractivity (Wildman–Crippen MR) is 128 cm³/mol. The highest BCUT2D eigenvalue weighted by atomic mass is 35.5. The summed E-state index contributed by atoms with van der Waals surface area (Å²) in [6.45, 7) is 1.23. The number of carbonyl (C=O) groups is 1. The van der Waals surface area contributed by atoms with E-state index >= 15 is 0 Å². The number of H-pyrrole nitrogens is 1. The van der Waals surface area contributed by atoms with Crippen molar-refractivity contribution in [2.45, 2.75) is 25.4 Å². The first-order valence-electron chi connectivity index (χ1n) is 11.0. The summed E-state index contributed by atoms with van der Waals surface area (Å²) in [5, 5.41) is 7.89. The fraction of sp³-hybridized carbons (Fsp3) is 0.292. The fourth-order valence-electron chi connectivity index (χ4n) is 4.19. The number of anilines is 1. The molecule has 1 aliphatic heterocycles. The van der Waals surface area contributed by atoms with Crippen molar-refractivity contribution in [3.8, 4) is 17.1 Å². The maximum atomic E-state index is 13.3. The zero-order chi connectivity index (χ0) is 23.7. The Labute approximate surface area is 199 Å². The van der Waals surface area contributed by atoms with Gasteiger partial charge in [0.1, 0.15) is 18.1 Å². The van der Waals surface area contributed by atoms with E-state index in [9.17, 15) is 9.59 Å². The Morgan fingerprint density at radius 1 is 1.29 bits per heavy atom. The van der Waals surface area contributed by atoms with Crippen molar-refractivity contribution >= 4 is 34.1 Å². The van der Waals surface area contributed by atoms with Gasteiger partial charge in [0.15, 0.2) is 5.82 Å². The number of rotatable bonds is 6. The minimum atomic E-state index is -0.702. The van der Waals surface area contributed by atoms with Crippen molar-refractivity contribution < 1.29 is 18.8 Å². The van der Waals surface area contributed by atoms with Crippen molar-refractivity contribution in [1.29, 1.82) is 0 Å². The molecule has 0 saturated carbocycles. The molecule has 2 N–H and O–H groups in total. The maximum absolute atomic E-state index is 13.3. The highest BCUT2D eigenvalue weighted by molar-refractivity contribution is 6.31. The molecule has 10 heteroatoms. The summed E-state index contributed by atoms with van der Waals surface area (Å²) in [7, 11) is 1.82. The van der Waals surface area contributed by atoms with Crippen LogP contribution in [0.3, 0.4) is 0 Å². The summed E-state index contributed by atoms with van der Waals surface area (Å²) in [4.78, 5) is 27.1. The Hall–Kier alpha value is -3.56. The van der Waals surface area contributed by atoms with Crippen LogP contribution in [0.25, 0.3) is 22.3 Å². The number of benzene rings is 2. The normalized spacial score (nSPS) is 16.0. The lowest BCUT2D eigenvalue weighted by Crippen LogP contribution is -2.25. The standard InChI is InChI=1S/C24H23ClN4O5/c1-29-19(11-14-5-4-7-20(21(14)29)33-13-16-6-2-3-10-32-16)23(30)26-18-9-8-15(25)12-17(18)22-27-24(31)34-28-22/h4-5,7-9,11-12,16H,2-3,6,10,13H2,1H3,(H,26,30)(H,27,28,31). The SMILES string of the molecule is Cn1c(C(=O)Nc2ccc(Cl)cc2-c2noc(=O)[nH]2)cc2cccc(OCC3CCCCO3)c21. The molecule has 5 rings (SSSR count). The lowest BCUT2D eigenvalue weighted by Gasteiger charge is -2.23. The molecule has 9 nitrogen and oxygen atoms in total. The van der Waals surface area contributed by atoms with Gasteiger partial charge in [-0.15, -0.1) is 0 Å². The van der Waals surface area contributed by atoms with Crippen molar-refractivity contribution in [1.82, 2.24) is 14.7 Å². The number of nitrogens with zero attached hydrogens (tertiary/aromatic N) is 2. The molecule has 1 saturated heterocycles. The lowest BCUT2D eigenvalue weighted by molar-refractivity contribution is -0.0108. The van der Waals surface area contributed by atoms with E-state index in [1.807, 2.05) is 31.3 Å². The zero-order valence-corrected chi connectivity index (χ0v) is 19.2. The van der Waals surface area contributed by atoms with Gasteiger partial charge in [0.25, 0.3) is 5.91 Å². The highest BCUT2D eigenvalue weighted by Gasteiger charge is 2.20. The van der Waals surface area contributed by atoms with Gasteiger partial charge in [0.05, 0.1) is 17.3 Å². The fourth-order valence-corrected chi connectivity index (χ4v) is 4.36. The van der Waals surface area contributed by atoms with Crippen LogP contribution in [0.15, 0.2) is 51.8 Å². The van der Waals surface area contributed by atoms with E-state index in [0.717, 1.165) is 36.8 Å². The van der Waals surface area contributed by atoms with E-state index in [-0.39, 0.29) is 17.8 Å². The van der Waals surface area contributed by atoms with E-state index < -0.39 is 5.76 Å². The van der Waals surface area contributed by atoms with Gasteiger partial charge in [0.2, 0.25) is 0 Å². The van der Waals surface area contributed by atoms with Gasteiger partial charge < -0.3 is 19.4 Å². The Bertz CT molecular complexity index is 1400. The average Bonchev–Trinajstić information content (AvgIpc) is 3.43. The third-order valence-electron chi connectivity index (χ3n) is 5.88. The first-order valence-corrected chi connectivity index (χ1v) is 11.4. The van der Waals surface area contributed by atoms with Crippen molar-refractivity contribution in [2.75, 3.05) is 18.5 Å². The number of halogens is 1. The van der Waals surface area contributed by atoms with Gasteiger partial charge in [-0.1, -0.05) is 28.9 Å². The van der Waals surface area contributed by atoms with E-state index in [1.165, 1.54) is 0 Å². The number of hydrogen-bond donors (Lipinski definition) is 2. The van der Waals surface area contributed by atoms with Gasteiger partial charge in [-0.25, -0.2) is 4.79 Å². The molecule has 0 spiro atoms. The van der Waals surface area contributed by atoms with Gasteiger partial charge >= 0.3 is 5.76 Å².